The van der Waals surface area contributed by atoms with Crippen LogP contribution >= 0.6 is 30.2 Å². The maximum atomic E-state index is 13.0. The van der Waals surface area contributed by atoms with Crippen molar-refractivity contribution in [2.75, 3.05) is 13.2 Å². The van der Waals surface area contributed by atoms with E-state index in [2.05, 4.69) is 4.98 Å². The molecular weight excluding hydrogens is 430 g/mol. The number of para-hydroxylation sites is 1. The summed E-state index contributed by atoms with van der Waals surface area (Å²) in [6, 6.07) is 9.14. The molecule has 8 heteroatoms. The van der Waals surface area contributed by atoms with Gasteiger partial charge in [0.2, 0.25) is 5.44 Å². The van der Waals surface area contributed by atoms with Crippen LogP contribution in [0, 0.1) is 10.6 Å². The Kier molecular flexibility index (Phi) is 6.13. The molecule has 1 heterocycles. The number of nitrogens with zero attached hydrogens (tertiary/aromatic N) is 2. The summed E-state index contributed by atoms with van der Waals surface area (Å²) in [5, 5.41) is 0. The fourth-order valence-corrected chi connectivity index (χ4v) is 4.36. The Morgan fingerprint density at radius 3 is 2.26 bits per heavy atom. The zero-order valence-corrected chi connectivity index (χ0v) is 16.2. The zero-order chi connectivity index (χ0) is 17.0. The van der Waals surface area contributed by atoms with E-state index in [0.29, 0.717) is 15.1 Å². The van der Waals surface area contributed by atoms with Crippen molar-refractivity contribution in [3.05, 3.63) is 50.1 Å². The molecule has 1 aromatic carbocycles. The summed E-state index contributed by atoms with van der Waals surface area (Å²) in [7, 11) is -3.75. The molecule has 23 heavy (non-hydrogen) atoms. The highest BCUT2D eigenvalue weighted by molar-refractivity contribution is 14.1. The van der Waals surface area contributed by atoms with Gasteiger partial charge in [0, 0.05) is 5.69 Å². The van der Waals surface area contributed by atoms with Gasteiger partial charge in [-0.25, -0.2) is 4.98 Å². The van der Waals surface area contributed by atoms with E-state index in [1.165, 1.54) is 4.57 Å². The van der Waals surface area contributed by atoms with Crippen LogP contribution in [0.25, 0.3) is 5.69 Å². The van der Waals surface area contributed by atoms with Gasteiger partial charge >= 0.3 is 7.60 Å². The smallest absolute Gasteiger partial charge is 0.304 e. The molecule has 0 saturated heterocycles. The van der Waals surface area contributed by atoms with Crippen LogP contribution in [-0.4, -0.2) is 22.8 Å². The Hall–Kier alpha value is -1.02. The summed E-state index contributed by atoms with van der Waals surface area (Å²) in [6.45, 7) is 5.50. The van der Waals surface area contributed by atoms with E-state index in [9.17, 15) is 9.36 Å². The third-order valence-electron chi connectivity index (χ3n) is 3.10. The summed E-state index contributed by atoms with van der Waals surface area (Å²) in [6.07, 6.45) is 0. The van der Waals surface area contributed by atoms with Gasteiger partial charge in [-0.05, 0) is 55.5 Å². The van der Waals surface area contributed by atoms with E-state index in [0.717, 1.165) is 0 Å². The van der Waals surface area contributed by atoms with Gasteiger partial charge in [0.05, 0.1) is 18.9 Å². The van der Waals surface area contributed by atoms with E-state index in [1.807, 2.05) is 40.8 Å². The van der Waals surface area contributed by atoms with Gasteiger partial charge in [-0.2, -0.15) is 0 Å². The molecule has 2 rings (SSSR count). The Morgan fingerprint density at radius 2 is 1.74 bits per heavy atom. The monoisotopic (exact) mass is 448 g/mol. The Labute approximate surface area is 148 Å². The normalized spacial score (nSPS) is 11.7. The van der Waals surface area contributed by atoms with Gasteiger partial charge < -0.3 is 9.05 Å². The Morgan fingerprint density at radius 1 is 1.17 bits per heavy atom. The van der Waals surface area contributed by atoms with Crippen LogP contribution in [0.4, 0.5) is 0 Å². The minimum absolute atomic E-state index is 0.161. The summed E-state index contributed by atoms with van der Waals surface area (Å²) in [5.74, 6) is 0. The summed E-state index contributed by atoms with van der Waals surface area (Å²) >= 11 is 2.01. The van der Waals surface area contributed by atoms with Gasteiger partial charge in [-0.3, -0.25) is 13.9 Å². The van der Waals surface area contributed by atoms with E-state index < -0.39 is 13.2 Å². The SMILES string of the molecule is CCOP(=O)(OCC)c1nc(I)c(C)n(-c2ccccc2)c1=O. The molecule has 0 N–H and O–H groups in total. The lowest BCUT2D eigenvalue weighted by molar-refractivity contribution is 0.229. The molecule has 0 aliphatic rings. The standard InChI is InChI=1S/C15H18IN2O4P/c1-4-21-23(20,22-5-2)14-15(19)18(11(3)13(16)17-14)12-9-7-6-8-10-12/h6-10H,4-5H2,1-3H3. The topological polar surface area (TPSA) is 70.4 Å². The molecule has 2 aromatic rings. The van der Waals surface area contributed by atoms with Crippen molar-refractivity contribution in [1.29, 1.82) is 0 Å². The molecule has 0 saturated carbocycles. The molecule has 0 amide bonds. The van der Waals surface area contributed by atoms with Crippen molar-refractivity contribution in [1.82, 2.24) is 9.55 Å². The average Bonchev–Trinajstić information content (AvgIpc) is 2.52. The molecule has 0 aliphatic heterocycles. The largest absolute Gasteiger partial charge is 0.385 e. The second-order valence-electron chi connectivity index (χ2n) is 4.62. The number of rotatable bonds is 6. The predicted molar refractivity (Wildman–Crippen MR) is 97.8 cm³/mol. The van der Waals surface area contributed by atoms with Crippen molar-refractivity contribution in [2.24, 2.45) is 0 Å². The minimum atomic E-state index is -3.75. The Balaban J connectivity index is 2.75. The molecule has 124 valence electrons. The van der Waals surface area contributed by atoms with E-state index in [-0.39, 0.29) is 18.6 Å². The lowest BCUT2D eigenvalue weighted by Gasteiger charge is -2.18. The van der Waals surface area contributed by atoms with Crippen LogP contribution in [0.3, 0.4) is 0 Å². The molecule has 1 aromatic heterocycles. The maximum absolute atomic E-state index is 13.0. The van der Waals surface area contributed by atoms with Gasteiger partial charge in [0.15, 0.2) is 0 Å². The first kappa shape index (κ1) is 18.3. The lowest BCUT2D eigenvalue weighted by atomic mass is 10.3. The van der Waals surface area contributed by atoms with Crippen LogP contribution in [-0.2, 0) is 13.6 Å². The predicted octanol–water partition coefficient (Wildman–Crippen LogP) is 3.04. The highest BCUT2D eigenvalue weighted by atomic mass is 127. The summed E-state index contributed by atoms with van der Waals surface area (Å²) in [4.78, 5) is 17.1. The average molecular weight is 448 g/mol. The van der Waals surface area contributed by atoms with Gasteiger partial charge in [0.1, 0.15) is 3.70 Å². The summed E-state index contributed by atoms with van der Waals surface area (Å²) < 4.78 is 25.6. The quantitative estimate of drug-likeness (QED) is 0.502. The van der Waals surface area contributed by atoms with Gasteiger partial charge in [-0.15, -0.1) is 0 Å². The number of benzene rings is 1. The van der Waals surface area contributed by atoms with E-state index in [4.69, 9.17) is 9.05 Å². The van der Waals surface area contributed by atoms with Crippen LogP contribution in [0.1, 0.15) is 19.5 Å². The highest BCUT2D eigenvalue weighted by Gasteiger charge is 2.34. The van der Waals surface area contributed by atoms with Crippen LogP contribution in [0.2, 0.25) is 0 Å². The molecule has 0 unspecified atom stereocenters. The molecule has 0 fully saturated rings. The van der Waals surface area contributed by atoms with Gasteiger partial charge in [-0.1, -0.05) is 18.2 Å². The van der Waals surface area contributed by atoms with Crippen molar-refractivity contribution in [3.8, 4) is 5.69 Å². The van der Waals surface area contributed by atoms with Crippen molar-refractivity contribution < 1.29 is 13.6 Å². The third-order valence-corrected chi connectivity index (χ3v) is 6.13. The highest BCUT2D eigenvalue weighted by Crippen LogP contribution is 2.45. The lowest BCUT2D eigenvalue weighted by Crippen LogP contribution is -2.39. The number of halogens is 1. The minimum Gasteiger partial charge on any atom is -0.304 e. The fraction of sp³-hybridized carbons (Fsp3) is 0.333. The summed E-state index contributed by atoms with van der Waals surface area (Å²) in [5.41, 5.74) is 0.681. The van der Waals surface area contributed by atoms with Crippen molar-refractivity contribution in [2.45, 2.75) is 20.8 Å². The van der Waals surface area contributed by atoms with Crippen molar-refractivity contribution >= 4 is 35.6 Å². The molecule has 6 nitrogen and oxygen atoms in total. The number of hydrogen-bond acceptors (Lipinski definition) is 5. The first-order valence-corrected chi connectivity index (χ1v) is 9.81. The molecule has 0 aliphatic carbocycles. The first-order valence-electron chi connectivity index (χ1n) is 7.18. The van der Waals surface area contributed by atoms with Crippen LogP contribution < -0.4 is 11.0 Å². The second-order valence-corrected chi connectivity index (χ2v) is 7.58. The third kappa shape index (κ3) is 3.74. The maximum Gasteiger partial charge on any atom is 0.385 e. The first-order chi connectivity index (χ1) is 10.9. The zero-order valence-electron chi connectivity index (χ0n) is 13.2. The molecular formula is C15H18IN2O4P. The number of aromatic nitrogens is 2. The van der Waals surface area contributed by atoms with E-state index in [1.54, 1.807) is 32.9 Å². The second kappa shape index (κ2) is 7.70. The van der Waals surface area contributed by atoms with Crippen LogP contribution in [0.5, 0.6) is 0 Å². The molecule has 0 radical (unpaired) electrons. The molecule has 0 atom stereocenters. The van der Waals surface area contributed by atoms with Crippen molar-refractivity contribution in [3.63, 3.8) is 0 Å². The van der Waals surface area contributed by atoms with Crippen LogP contribution in [0.15, 0.2) is 35.1 Å². The molecule has 0 spiro atoms. The fourth-order valence-electron chi connectivity index (χ4n) is 2.13. The van der Waals surface area contributed by atoms with Gasteiger partial charge in [0.25, 0.3) is 5.56 Å². The van der Waals surface area contributed by atoms with E-state index >= 15 is 0 Å². The Bertz CT molecular complexity index is 782. The molecule has 0 bridgehead atoms. The number of hydrogen-bond donors (Lipinski definition) is 0.